The van der Waals surface area contributed by atoms with Crippen molar-refractivity contribution in [3.8, 4) is 11.5 Å². The number of rotatable bonds is 9. The summed E-state index contributed by atoms with van der Waals surface area (Å²) in [7, 11) is 3.25. The molecule has 0 aliphatic heterocycles. The van der Waals surface area contributed by atoms with Gasteiger partial charge in [-0.05, 0) is 30.5 Å². The van der Waals surface area contributed by atoms with Crippen molar-refractivity contribution < 1.29 is 14.2 Å². The molecule has 0 heterocycles. The van der Waals surface area contributed by atoms with E-state index < -0.39 is 0 Å². The van der Waals surface area contributed by atoms with Gasteiger partial charge in [-0.3, -0.25) is 0 Å². The lowest BCUT2D eigenvalue weighted by Crippen LogP contribution is -2.63. The Hall–Kier alpha value is -1.22. The van der Waals surface area contributed by atoms with Crippen LogP contribution in [-0.4, -0.2) is 38.9 Å². The summed E-state index contributed by atoms with van der Waals surface area (Å²) >= 11 is 0. The molecule has 1 aliphatic carbocycles. The number of benzene rings is 1. The van der Waals surface area contributed by atoms with Crippen molar-refractivity contribution in [2.24, 2.45) is 16.1 Å². The lowest BCUT2D eigenvalue weighted by Gasteiger charge is -2.51. The molecule has 1 saturated carbocycles. The first-order chi connectivity index (χ1) is 12.4. The highest BCUT2D eigenvalue weighted by molar-refractivity contribution is 14.0. The molecule has 1 fully saturated rings. The van der Waals surface area contributed by atoms with Crippen LogP contribution in [0.2, 0.25) is 0 Å². The normalized spacial score (nSPS) is 21.0. The highest BCUT2D eigenvalue weighted by Crippen LogP contribution is 2.42. The molecule has 0 aromatic heterocycles. The third kappa shape index (κ3) is 6.14. The molecule has 0 bridgehead atoms. The SMILES string of the molecule is CCCCOC1CC(NC(N)=NCc2ccc(OC)c(OC)c2)C1(C)C.I. The number of aliphatic imine (C=N–C) groups is 1. The summed E-state index contributed by atoms with van der Waals surface area (Å²) in [6.07, 6.45) is 3.51. The topological polar surface area (TPSA) is 78.1 Å². The minimum atomic E-state index is 0. The first kappa shape index (κ1) is 23.8. The largest absolute Gasteiger partial charge is 0.493 e. The van der Waals surface area contributed by atoms with Crippen LogP contribution >= 0.6 is 24.0 Å². The predicted molar refractivity (Wildman–Crippen MR) is 120 cm³/mol. The summed E-state index contributed by atoms with van der Waals surface area (Å²) in [4.78, 5) is 4.46. The van der Waals surface area contributed by atoms with Crippen molar-refractivity contribution in [3.63, 3.8) is 0 Å². The minimum Gasteiger partial charge on any atom is -0.493 e. The molecule has 1 aliphatic rings. The van der Waals surface area contributed by atoms with Gasteiger partial charge in [0, 0.05) is 18.1 Å². The number of hydrogen-bond donors (Lipinski definition) is 2. The molecule has 1 aromatic carbocycles. The summed E-state index contributed by atoms with van der Waals surface area (Å²) in [5, 5.41) is 3.34. The standard InChI is InChI=1S/C20H33N3O3.HI/c1-6-7-10-26-18-12-17(20(18,2)3)23-19(21)22-13-14-8-9-15(24-4)16(11-14)25-5;/h8-9,11,17-18H,6-7,10,12-13H2,1-5H3,(H3,21,22,23);1H. The van der Waals surface area contributed by atoms with E-state index in [-0.39, 0.29) is 41.5 Å². The Kier molecular flexibility index (Phi) is 9.66. The molecule has 6 nitrogen and oxygen atoms in total. The Morgan fingerprint density at radius 3 is 2.56 bits per heavy atom. The van der Waals surface area contributed by atoms with E-state index >= 15 is 0 Å². The van der Waals surface area contributed by atoms with E-state index in [1.54, 1.807) is 14.2 Å². The van der Waals surface area contributed by atoms with Crippen molar-refractivity contribution in [2.75, 3.05) is 20.8 Å². The number of ether oxygens (including phenoxy) is 3. The number of unbranched alkanes of at least 4 members (excludes halogenated alkanes) is 1. The van der Waals surface area contributed by atoms with E-state index in [2.05, 4.69) is 31.1 Å². The van der Waals surface area contributed by atoms with Crippen molar-refractivity contribution in [1.82, 2.24) is 5.32 Å². The number of nitrogens with zero attached hydrogens (tertiary/aromatic N) is 1. The van der Waals surface area contributed by atoms with Gasteiger partial charge >= 0.3 is 0 Å². The number of nitrogens with two attached hydrogens (primary N) is 1. The number of methoxy groups -OCH3 is 2. The Bertz CT molecular complexity index is 622. The molecular formula is C20H34IN3O3. The smallest absolute Gasteiger partial charge is 0.189 e. The summed E-state index contributed by atoms with van der Waals surface area (Å²) in [6.45, 7) is 7.93. The Morgan fingerprint density at radius 1 is 1.26 bits per heavy atom. The second-order valence-corrected chi connectivity index (χ2v) is 7.36. The van der Waals surface area contributed by atoms with Crippen molar-refractivity contribution in [3.05, 3.63) is 23.8 Å². The fraction of sp³-hybridized carbons (Fsp3) is 0.650. The Balaban J connectivity index is 0.00000364. The second-order valence-electron chi connectivity index (χ2n) is 7.36. The van der Waals surface area contributed by atoms with Crippen molar-refractivity contribution >= 4 is 29.9 Å². The maximum Gasteiger partial charge on any atom is 0.189 e. The highest BCUT2D eigenvalue weighted by Gasteiger charge is 2.49. The van der Waals surface area contributed by atoms with Crippen LogP contribution in [0.25, 0.3) is 0 Å². The fourth-order valence-corrected chi connectivity index (χ4v) is 3.16. The average molecular weight is 491 g/mol. The Morgan fingerprint density at radius 2 is 1.96 bits per heavy atom. The molecule has 7 heteroatoms. The van der Waals surface area contributed by atoms with Crippen LogP contribution in [0.3, 0.4) is 0 Å². The van der Waals surface area contributed by atoms with Crippen molar-refractivity contribution in [2.45, 2.75) is 58.7 Å². The zero-order chi connectivity index (χ0) is 19.2. The van der Waals surface area contributed by atoms with E-state index in [9.17, 15) is 0 Å². The van der Waals surface area contributed by atoms with Gasteiger partial charge in [0.2, 0.25) is 0 Å². The lowest BCUT2D eigenvalue weighted by molar-refractivity contribution is -0.113. The molecule has 2 rings (SSSR count). The quantitative estimate of drug-likeness (QED) is 0.238. The molecular weight excluding hydrogens is 457 g/mol. The van der Waals surface area contributed by atoms with Crippen LogP contribution in [0.5, 0.6) is 11.5 Å². The molecule has 27 heavy (non-hydrogen) atoms. The molecule has 0 saturated heterocycles. The van der Waals surface area contributed by atoms with Crippen LogP contribution in [0, 0.1) is 5.41 Å². The lowest BCUT2D eigenvalue weighted by atomic mass is 9.64. The summed E-state index contributed by atoms with van der Waals surface area (Å²) in [5.74, 6) is 1.86. The van der Waals surface area contributed by atoms with E-state index in [1.807, 2.05) is 18.2 Å². The third-order valence-electron chi connectivity index (χ3n) is 5.20. The third-order valence-corrected chi connectivity index (χ3v) is 5.20. The van der Waals surface area contributed by atoms with Gasteiger partial charge in [-0.1, -0.05) is 33.3 Å². The van der Waals surface area contributed by atoms with Gasteiger partial charge in [0.15, 0.2) is 17.5 Å². The average Bonchev–Trinajstić information content (AvgIpc) is 2.64. The number of nitrogens with one attached hydrogen (secondary N) is 1. The number of hydrogen-bond acceptors (Lipinski definition) is 4. The fourth-order valence-electron chi connectivity index (χ4n) is 3.16. The molecule has 2 atom stereocenters. The van der Waals surface area contributed by atoms with Gasteiger partial charge in [0.05, 0.1) is 26.9 Å². The molecule has 0 amide bonds. The van der Waals surface area contributed by atoms with Crippen LogP contribution in [0.1, 0.15) is 45.6 Å². The van der Waals surface area contributed by atoms with E-state index in [0.717, 1.165) is 31.4 Å². The molecule has 2 unspecified atom stereocenters. The molecule has 0 spiro atoms. The van der Waals surface area contributed by atoms with Crippen LogP contribution < -0.4 is 20.5 Å². The van der Waals surface area contributed by atoms with Gasteiger partial charge in [0.25, 0.3) is 0 Å². The predicted octanol–water partition coefficient (Wildman–Crippen LogP) is 3.71. The zero-order valence-corrected chi connectivity index (χ0v) is 19.4. The maximum atomic E-state index is 6.09. The molecule has 0 radical (unpaired) electrons. The first-order valence-electron chi connectivity index (χ1n) is 9.31. The molecule has 3 N–H and O–H groups in total. The maximum absolute atomic E-state index is 6.09. The van der Waals surface area contributed by atoms with Gasteiger partial charge in [-0.25, -0.2) is 4.99 Å². The minimum absolute atomic E-state index is 0. The van der Waals surface area contributed by atoms with Crippen molar-refractivity contribution in [1.29, 1.82) is 0 Å². The first-order valence-corrected chi connectivity index (χ1v) is 9.31. The second kappa shape index (κ2) is 10.9. The molecule has 154 valence electrons. The number of guanidine groups is 1. The van der Waals surface area contributed by atoms with Gasteiger partial charge in [-0.15, -0.1) is 24.0 Å². The number of halogens is 1. The van der Waals surface area contributed by atoms with E-state index in [4.69, 9.17) is 19.9 Å². The molecule has 1 aromatic rings. The highest BCUT2D eigenvalue weighted by atomic mass is 127. The van der Waals surface area contributed by atoms with E-state index in [1.165, 1.54) is 0 Å². The van der Waals surface area contributed by atoms with Gasteiger partial charge in [-0.2, -0.15) is 0 Å². The van der Waals surface area contributed by atoms with Gasteiger partial charge in [0.1, 0.15) is 0 Å². The van der Waals surface area contributed by atoms with Gasteiger partial charge < -0.3 is 25.3 Å². The van der Waals surface area contributed by atoms with Crippen LogP contribution in [-0.2, 0) is 11.3 Å². The summed E-state index contributed by atoms with van der Waals surface area (Å²) in [6, 6.07) is 6.03. The van der Waals surface area contributed by atoms with Crippen LogP contribution in [0.15, 0.2) is 23.2 Å². The monoisotopic (exact) mass is 491 g/mol. The Labute approximate surface area is 180 Å². The van der Waals surface area contributed by atoms with E-state index in [0.29, 0.717) is 24.0 Å². The van der Waals surface area contributed by atoms with Crippen LogP contribution in [0.4, 0.5) is 0 Å². The zero-order valence-electron chi connectivity index (χ0n) is 17.1. The summed E-state index contributed by atoms with van der Waals surface area (Å²) in [5.41, 5.74) is 7.16. The summed E-state index contributed by atoms with van der Waals surface area (Å²) < 4.78 is 16.5.